The zero-order valence-corrected chi connectivity index (χ0v) is 30.6. The largest absolute Gasteiger partial charge is 0.453 e. The molecule has 51 heavy (non-hydrogen) atoms. The number of hydrogen-bond donors (Lipinski definition) is 3. The molecule has 280 valence electrons. The molecule has 4 fully saturated rings. The molecule has 3 N–H and O–H groups in total. The van der Waals surface area contributed by atoms with E-state index in [9.17, 15) is 31.9 Å². The highest BCUT2D eigenvalue weighted by Gasteiger charge is 2.53. The summed E-state index contributed by atoms with van der Waals surface area (Å²) in [4.78, 5) is 31.2. The van der Waals surface area contributed by atoms with Gasteiger partial charge in [0, 0.05) is 76.1 Å². The lowest BCUT2D eigenvalue weighted by molar-refractivity contribution is -0.119. The van der Waals surface area contributed by atoms with Crippen LogP contribution in [0.15, 0.2) is 47.4 Å². The Labute approximate surface area is 299 Å². The first kappa shape index (κ1) is 37.4. The molecule has 11 nitrogen and oxygen atoms in total. The number of amides is 2. The summed E-state index contributed by atoms with van der Waals surface area (Å²) in [7, 11) is -2.13. The number of nitrogens with zero attached hydrogens (tertiary/aromatic N) is 3. The fraction of sp³-hybridized carbons (Fsp3) is 0.622. The van der Waals surface area contributed by atoms with E-state index in [4.69, 9.17) is 4.74 Å². The molecule has 1 saturated carbocycles. The minimum atomic E-state index is -3.47. The van der Waals surface area contributed by atoms with Gasteiger partial charge in [0.2, 0.25) is 5.91 Å². The lowest BCUT2D eigenvalue weighted by Crippen LogP contribution is -2.67. The Hall–Kier alpha value is -3.33. The Morgan fingerprint density at radius 3 is 2.41 bits per heavy atom. The van der Waals surface area contributed by atoms with E-state index in [1.807, 2.05) is 21.9 Å². The van der Waals surface area contributed by atoms with Gasteiger partial charge in [-0.2, -0.15) is 0 Å². The second-order valence-corrected chi connectivity index (χ2v) is 17.2. The highest BCUT2D eigenvalue weighted by molar-refractivity contribution is 7.90. The number of hydrogen-bond acceptors (Lipinski definition) is 9. The van der Waals surface area contributed by atoms with E-state index in [2.05, 4.69) is 15.5 Å². The maximum absolute atomic E-state index is 14.9. The van der Waals surface area contributed by atoms with E-state index in [-0.39, 0.29) is 47.6 Å². The van der Waals surface area contributed by atoms with Crippen LogP contribution in [0.4, 0.5) is 19.3 Å². The summed E-state index contributed by atoms with van der Waals surface area (Å²) in [6.45, 7) is 5.35. The van der Waals surface area contributed by atoms with E-state index >= 15 is 0 Å². The van der Waals surface area contributed by atoms with E-state index in [1.54, 1.807) is 24.3 Å². The van der Waals surface area contributed by atoms with Gasteiger partial charge >= 0.3 is 6.09 Å². The van der Waals surface area contributed by atoms with Crippen molar-refractivity contribution in [2.24, 2.45) is 11.8 Å². The monoisotopic (exact) mass is 731 g/mol. The number of methoxy groups -OCH3 is 1. The van der Waals surface area contributed by atoms with Crippen molar-refractivity contribution in [1.29, 1.82) is 0 Å². The second-order valence-electron chi connectivity index (χ2n) is 15.2. The molecular formula is C37H51F2N5O6S. The number of benzene rings is 2. The number of sulfone groups is 1. The number of alkyl carbamates (subject to hydrolysis) is 1. The lowest BCUT2D eigenvalue weighted by Gasteiger charge is -2.53. The van der Waals surface area contributed by atoms with E-state index < -0.39 is 33.1 Å². The topological polar surface area (TPSA) is 132 Å². The predicted octanol–water partition coefficient (Wildman–Crippen LogP) is 3.24. The highest BCUT2D eigenvalue weighted by Crippen LogP contribution is 2.50. The van der Waals surface area contributed by atoms with Gasteiger partial charge in [0.25, 0.3) is 0 Å². The molecule has 0 bridgehead atoms. The Kier molecular flexibility index (Phi) is 11.0. The molecule has 0 unspecified atom stereocenters. The fourth-order valence-corrected chi connectivity index (χ4v) is 10.1. The number of β-amino-alcohol motifs (C(OH)–C–C–N with tert-alkyl or cyclic N) is 1. The van der Waals surface area contributed by atoms with Crippen LogP contribution in [0.1, 0.15) is 50.2 Å². The van der Waals surface area contributed by atoms with Crippen molar-refractivity contribution in [2.75, 3.05) is 70.6 Å². The molecule has 0 radical (unpaired) electrons. The van der Waals surface area contributed by atoms with Crippen molar-refractivity contribution in [1.82, 2.24) is 20.4 Å². The first-order chi connectivity index (χ1) is 24.2. The van der Waals surface area contributed by atoms with Crippen LogP contribution >= 0.6 is 0 Å². The molecule has 3 heterocycles. The van der Waals surface area contributed by atoms with Gasteiger partial charge in [-0.1, -0.05) is 18.6 Å². The number of carbonyl (C=O) groups is 2. The van der Waals surface area contributed by atoms with Crippen LogP contribution in [0.3, 0.4) is 0 Å². The van der Waals surface area contributed by atoms with Crippen LogP contribution in [0.25, 0.3) is 0 Å². The first-order valence-corrected chi connectivity index (χ1v) is 19.8. The number of anilines is 1. The van der Waals surface area contributed by atoms with Crippen LogP contribution in [0, 0.1) is 17.7 Å². The molecule has 3 saturated heterocycles. The Morgan fingerprint density at radius 1 is 1.06 bits per heavy atom. The van der Waals surface area contributed by atoms with Crippen molar-refractivity contribution >= 4 is 27.5 Å². The van der Waals surface area contributed by atoms with Crippen LogP contribution in [-0.4, -0.2) is 119 Å². The molecule has 3 atom stereocenters. The number of carbonyl (C=O) groups excluding carboxylic acids is 2. The Balaban J connectivity index is 1.16. The Morgan fingerprint density at radius 2 is 1.78 bits per heavy atom. The predicted molar refractivity (Wildman–Crippen MR) is 189 cm³/mol. The van der Waals surface area contributed by atoms with E-state index in [0.717, 1.165) is 43.4 Å². The maximum atomic E-state index is 14.9. The number of alkyl halides is 1. The second kappa shape index (κ2) is 15.0. The van der Waals surface area contributed by atoms with E-state index in [0.29, 0.717) is 51.4 Å². The zero-order valence-electron chi connectivity index (χ0n) is 29.7. The molecular weight excluding hydrogens is 680 g/mol. The van der Waals surface area contributed by atoms with Gasteiger partial charge in [0.15, 0.2) is 9.84 Å². The van der Waals surface area contributed by atoms with Crippen molar-refractivity contribution < 1.29 is 36.6 Å². The van der Waals surface area contributed by atoms with Crippen molar-refractivity contribution in [3.63, 3.8) is 0 Å². The molecule has 4 aliphatic rings. The standard InChI is InChI=1S/C37H51F2N5O6S/c1-25(45)40-21-37(28-6-4-7-29(38)17-28,32-8-5-9-33(32)41-35(46)50-2)27-12-14-42(15-13-27)22-36(47)23-44(24-36)31-10-11-34(51(3,48)49)26(16-31)18-43-19-30(39)20-43/h4,6-7,10-11,16-17,27,30,32-33,47H,5,8-9,12-15,18-24H2,1-3H3,(H,40,45)(H,41,46)/t32-,33-,37-/m0/s1. The summed E-state index contributed by atoms with van der Waals surface area (Å²) < 4.78 is 58.3. The van der Waals surface area contributed by atoms with Crippen molar-refractivity contribution in [3.05, 3.63) is 59.4 Å². The van der Waals surface area contributed by atoms with Crippen molar-refractivity contribution in [3.8, 4) is 0 Å². The normalized spacial score (nSPS) is 24.3. The average molecular weight is 732 g/mol. The minimum Gasteiger partial charge on any atom is -0.453 e. The third-order valence-electron chi connectivity index (χ3n) is 11.6. The van der Waals surface area contributed by atoms with Crippen LogP contribution in [0.5, 0.6) is 0 Å². The SMILES string of the molecule is COC(=O)N[C@H]1CCC[C@@H]1[C@](CNC(C)=O)(c1cccc(F)c1)C1CCN(CC2(O)CN(c3ccc(S(C)(=O)=O)c(CN4CC(F)C4)c3)C2)CC1. The molecule has 3 aliphatic heterocycles. The molecule has 14 heteroatoms. The van der Waals surface area contributed by atoms with Gasteiger partial charge in [0.1, 0.15) is 17.6 Å². The molecule has 0 spiro atoms. The molecule has 2 amide bonds. The lowest BCUT2D eigenvalue weighted by atomic mass is 9.58. The van der Waals surface area contributed by atoms with Gasteiger partial charge in [-0.3, -0.25) is 9.69 Å². The zero-order chi connectivity index (χ0) is 36.6. The summed E-state index contributed by atoms with van der Waals surface area (Å²) >= 11 is 0. The number of likely N-dealkylation sites (tertiary alicyclic amines) is 2. The fourth-order valence-electron chi connectivity index (χ4n) is 9.23. The van der Waals surface area contributed by atoms with Crippen LogP contribution in [-0.2, 0) is 31.3 Å². The number of nitrogens with one attached hydrogen (secondary N) is 2. The smallest absolute Gasteiger partial charge is 0.407 e. The summed E-state index contributed by atoms with van der Waals surface area (Å²) in [5.74, 6) is -0.528. The van der Waals surface area contributed by atoms with Crippen LogP contribution in [0.2, 0.25) is 0 Å². The summed E-state index contributed by atoms with van der Waals surface area (Å²) in [6.07, 6.45) is 3.74. The number of halogens is 2. The van der Waals surface area contributed by atoms with Crippen LogP contribution < -0.4 is 15.5 Å². The first-order valence-electron chi connectivity index (χ1n) is 17.9. The maximum Gasteiger partial charge on any atom is 0.407 e. The quantitative estimate of drug-likeness (QED) is 0.301. The molecule has 2 aromatic rings. The van der Waals surface area contributed by atoms with Gasteiger partial charge in [-0.15, -0.1) is 0 Å². The summed E-state index contributed by atoms with van der Waals surface area (Å²) in [5.41, 5.74) is 0.655. The van der Waals surface area contributed by atoms with Gasteiger partial charge in [-0.25, -0.2) is 22.0 Å². The molecule has 1 aliphatic carbocycles. The highest BCUT2D eigenvalue weighted by atomic mass is 32.2. The van der Waals surface area contributed by atoms with Crippen molar-refractivity contribution in [2.45, 2.75) is 73.7 Å². The number of ether oxygens (including phenoxy) is 1. The number of rotatable bonds is 12. The molecule has 6 rings (SSSR count). The van der Waals surface area contributed by atoms with E-state index in [1.165, 1.54) is 26.4 Å². The molecule has 2 aromatic carbocycles. The minimum absolute atomic E-state index is 0.0610. The van der Waals surface area contributed by atoms with Gasteiger partial charge in [-0.05, 0) is 92.1 Å². The Bertz CT molecular complexity index is 1690. The third-order valence-corrected chi connectivity index (χ3v) is 12.8. The summed E-state index contributed by atoms with van der Waals surface area (Å²) in [5, 5.41) is 17.7. The number of aliphatic hydroxyl groups is 1. The summed E-state index contributed by atoms with van der Waals surface area (Å²) in [6, 6.07) is 11.7. The molecule has 0 aromatic heterocycles. The van der Waals surface area contributed by atoms with Gasteiger partial charge < -0.3 is 30.3 Å². The van der Waals surface area contributed by atoms with Gasteiger partial charge in [0.05, 0.1) is 12.0 Å². The third kappa shape index (κ3) is 8.18. The average Bonchev–Trinajstić information content (AvgIpc) is 3.51. The number of piperidine rings is 1.